The highest BCUT2D eigenvalue weighted by atomic mass is 127. The highest BCUT2D eigenvalue weighted by Gasteiger charge is 2.13. The van der Waals surface area contributed by atoms with Crippen molar-refractivity contribution in [1.82, 2.24) is 20.7 Å². The lowest BCUT2D eigenvalue weighted by Crippen LogP contribution is -2.36. The number of nitrogens with one attached hydrogen (secondary N) is 2. The smallest absolute Gasteiger partial charge is 0.191 e. The summed E-state index contributed by atoms with van der Waals surface area (Å²) < 4.78 is 16.5. The maximum Gasteiger partial charge on any atom is 0.191 e. The van der Waals surface area contributed by atoms with Crippen LogP contribution >= 0.6 is 24.0 Å². The molecule has 8 nitrogen and oxygen atoms in total. The van der Waals surface area contributed by atoms with Crippen LogP contribution in [0.3, 0.4) is 0 Å². The molecule has 2 aromatic rings. The number of methoxy groups -OCH3 is 1. The molecule has 2 N–H and O–H groups in total. The number of aliphatic imine (C=N–C) groups is 1. The molecule has 33 heavy (non-hydrogen) atoms. The summed E-state index contributed by atoms with van der Waals surface area (Å²) in [7, 11) is 5.53. The Kier molecular flexibility index (Phi) is 14.8. The van der Waals surface area contributed by atoms with E-state index < -0.39 is 0 Å². The minimum absolute atomic E-state index is 0. The Balaban J connectivity index is 0.00000544. The lowest BCUT2D eigenvalue weighted by Gasteiger charge is -2.16. The van der Waals surface area contributed by atoms with E-state index in [0.29, 0.717) is 31.6 Å². The van der Waals surface area contributed by atoms with Crippen molar-refractivity contribution in [2.45, 2.75) is 45.7 Å². The van der Waals surface area contributed by atoms with Crippen molar-refractivity contribution in [3.63, 3.8) is 0 Å². The topological polar surface area (TPSA) is 84.2 Å². The summed E-state index contributed by atoms with van der Waals surface area (Å²) in [4.78, 5) is 6.48. The molecule has 0 saturated heterocycles. The van der Waals surface area contributed by atoms with Gasteiger partial charge in [0.1, 0.15) is 12.4 Å². The monoisotopic (exact) mass is 573 g/mol. The van der Waals surface area contributed by atoms with E-state index in [1.807, 2.05) is 24.3 Å². The minimum atomic E-state index is 0. The lowest BCUT2D eigenvalue weighted by molar-refractivity contribution is 0.150. The molecular weight excluding hydrogens is 533 g/mol. The van der Waals surface area contributed by atoms with Gasteiger partial charge in [0.15, 0.2) is 11.7 Å². The average molecular weight is 574 g/mol. The highest BCUT2D eigenvalue weighted by molar-refractivity contribution is 14.0. The Morgan fingerprint density at radius 2 is 1.85 bits per heavy atom. The van der Waals surface area contributed by atoms with Crippen molar-refractivity contribution in [2.75, 3.05) is 47.5 Å². The van der Waals surface area contributed by atoms with Crippen LogP contribution in [-0.4, -0.2) is 63.5 Å². The molecule has 0 fully saturated rings. The van der Waals surface area contributed by atoms with Gasteiger partial charge in [-0.3, -0.25) is 4.99 Å². The third-order valence-electron chi connectivity index (χ3n) is 5.41. The summed E-state index contributed by atoms with van der Waals surface area (Å²) in [6.07, 6.45) is 2.12. The average Bonchev–Trinajstić information content (AvgIpc) is 3.27. The normalized spacial score (nSPS) is 11.5. The van der Waals surface area contributed by atoms with E-state index in [4.69, 9.17) is 14.0 Å². The SMILES string of the molecule is CCC(CC)c1cc(CNC(=NC)NCc2cccc(OCCN(C)CCOC)c2)on1.I. The Morgan fingerprint density at radius 1 is 1.12 bits per heavy atom. The Morgan fingerprint density at radius 3 is 2.55 bits per heavy atom. The van der Waals surface area contributed by atoms with Crippen molar-refractivity contribution in [3.8, 4) is 5.75 Å². The van der Waals surface area contributed by atoms with Crippen LogP contribution in [0, 0.1) is 0 Å². The first kappa shape index (κ1) is 29.2. The van der Waals surface area contributed by atoms with E-state index in [1.165, 1.54) is 0 Å². The third-order valence-corrected chi connectivity index (χ3v) is 5.41. The van der Waals surface area contributed by atoms with E-state index >= 15 is 0 Å². The van der Waals surface area contributed by atoms with Crippen LogP contribution in [-0.2, 0) is 17.8 Å². The van der Waals surface area contributed by atoms with Gasteiger partial charge in [0.2, 0.25) is 0 Å². The number of ether oxygens (including phenoxy) is 2. The van der Waals surface area contributed by atoms with Crippen LogP contribution in [0.5, 0.6) is 5.75 Å². The minimum Gasteiger partial charge on any atom is -0.492 e. The Hall–Kier alpha value is -1.85. The van der Waals surface area contributed by atoms with Crippen LogP contribution in [0.2, 0.25) is 0 Å². The molecule has 1 aromatic carbocycles. The summed E-state index contributed by atoms with van der Waals surface area (Å²) in [5.41, 5.74) is 2.14. The van der Waals surface area contributed by atoms with Gasteiger partial charge in [-0.25, -0.2) is 0 Å². The quantitative estimate of drug-likeness (QED) is 0.201. The van der Waals surface area contributed by atoms with E-state index in [0.717, 1.165) is 55.3 Å². The van der Waals surface area contributed by atoms with E-state index in [-0.39, 0.29) is 24.0 Å². The molecule has 186 valence electrons. The number of hydrogen-bond donors (Lipinski definition) is 2. The number of guanidine groups is 1. The van der Waals surface area contributed by atoms with E-state index in [1.54, 1.807) is 14.2 Å². The van der Waals surface area contributed by atoms with Crippen LogP contribution in [0.4, 0.5) is 0 Å². The summed E-state index contributed by atoms with van der Waals surface area (Å²) in [6, 6.07) is 10.1. The first-order valence-electron chi connectivity index (χ1n) is 11.4. The number of benzene rings is 1. The van der Waals surface area contributed by atoms with Gasteiger partial charge in [-0.15, -0.1) is 24.0 Å². The zero-order valence-corrected chi connectivity index (χ0v) is 22.9. The second-order valence-corrected chi connectivity index (χ2v) is 7.80. The Bertz CT molecular complexity index is 811. The Labute approximate surface area is 215 Å². The molecule has 2 rings (SSSR count). The number of rotatable bonds is 14. The van der Waals surface area contributed by atoms with Crippen LogP contribution in [0.15, 0.2) is 39.8 Å². The van der Waals surface area contributed by atoms with Crippen LogP contribution in [0.25, 0.3) is 0 Å². The molecule has 0 aliphatic heterocycles. The summed E-state index contributed by atoms with van der Waals surface area (Å²) in [5.74, 6) is 2.82. The van der Waals surface area contributed by atoms with Gasteiger partial charge < -0.3 is 29.5 Å². The van der Waals surface area contributed by atoms with Crippen molar-refractivity contribution < 1.29 is 14.0 Å². The van der Waals surface area contributed by atoms with E-state index in [9.17, 15) is 0 Å². The second kappa shape index (κ2) is 16.7. The molecule has 0 aliphatic rings. The summed E-state index contributed by atoms with van der Waals surface area (Å²) in [5, 5.41) is 10.8. The first-order valence-corrected chi connectivity index (χ1v) is 11.4. The fraction of sp³-hybridized carbons (Fsp3) is 0.583. The largest absolute Gasteiger partial charge is 0.492 e. The zero-order valence-electron chi connectivity index (χ0n) is 20.6. The van der Waals surface area contributed by atoms with Crippen molar-refractivity contribution in [3.05, 3.63) is 47.3 Å². The zero-order chi connectivity index (χ0) is 23.2. The summed E-state index contributed by atoms with van der Waals surface area (Å²) in [6.45, 7) is 8.62. The fourth-order valence-electron chi connectivity index (χ4n) is 3.31. The van der Waals surface area contributed by atoms with Gasteiger partial charge in [-0.1, -0.05) is 31.1 Å². The predicted octanol–water partition coefficient (Wildman–Crippen LogP) is 4.02. The van der Waals surface area contributed by atoms with Gasteiger partial charge >= 0.3 is 0 Å². The molecule has 0 radical (unpaired) electrons. The highest BCUT2D eigenvalue weighted by Crippen LogP contribution is 2.22. The van der Waals surface area contributed by atoms with Gasteiger partial charge in [0.25, 0.3) is 0 Å². The van der Waals surface area contributed by atoms with Gasteiger partial charge in [-0.05, 0) is 37.6 Å². The summed E-state index contributed by atoms with van der Waals surface area (Å²) >= 11 is 0. The third kappa shape index (κ3) is 10.7. The van der Waals surface area contributed by atoms with Crippen LogP contribution < -0.4 is 15.4 Å². The molecule has 0 unspecified atom stereocenters. The molecule has 0 aliphatic carbocycles. The molecule has 0 saturated carbocycles. The first-order chi connectivity index (χ1) is 15.6. The van der Waals surface area contributed by atoms with Gasteiger partial charge in [-0.2, -0.15) is 0 Å². The number of hydrogen-bond acceptors (Lipinski definition) is 6. The fourth-order valence-corrected chi connectivity index (χ4v) is 3.31. The number of aromatic nitrogens is 1. The predicted molar refractivity (Wildman–Crippen MR) is 144 cm³/mol. The molecule has 0 amide bonds. The van der Waals surface area contributed by atoms with Crippen LogP contribution in [0.1, 0.15) is 49.6 Å². The van der Waals surface area contributed by atoms with Gasteiger partial charge in [0, 0.05) is 45.8 Å². The van der Waals surface area contributed by atoms with Crippen molar-refractivity contribution in [2.24, 2.45) is 4.99 Å². The maximum absolute atomic E-state index is 5.90. The maximum atomic E-state index is 5.90. The number of nitrogens with zero attached hydrogens (tertiary/aromatic N) is 3. The standard InChI is InChI=1S/C24H39N5O3.HI/c1-6-20(7-2)23-16-22(32-28-23)18-27-24(25-3)26-17-19-9-8-10-21(15-19)31-14-12-29(4)11-13-30-5;/h8-10,15-16,20H,6-7,11-14,17-18H2,1-5H3,(H2,25,26,27);1H. The molecule has 1 aromatic heterocycles. The van der Waals surface area contributed by atoms with Crippen molar-refractivity contribution in [1.29, 1.82) is 0 Å². The molecule has 9 heteroatoms. The number of likely N-dealkylation sites (N-methyl/N-ethyl adjacent to an activating group) is 1. The van der Waals surface area contributed by atoms with Gasteiger partial charge in [0.05, 0.1) is 18.8 Å². The van der Waals surface area contributed by atoms with Crippen molar-refractivity contribution >= 4 is 29.9 Å². The lowest BCUT2D eigenvalue weighted by atomic mass is 9.99. The molecule has 0 spiro atoms. The molecule has 1 heterocycles. The molecule has 0 bridgehead atoms. The van der Waals surface area contributed by atoms with E-state index in [2.05, 4.69) is 52.6 Å². The number of halogens is 1. The molecule has 0 atom stereocenters. The molecular formula is C24H40IN5O3. The second-order valence-electron chi connectivity index (χ2n) is 7.80.